The second-order valence-electron chi connectivity index (χ2n) is 5.40. The number of hydrogen-bond acceptors (Lipinski definition) is 2. The van der Waals surface area contributed by atoms with E-state index in [1.54, 1.807) is 0 Å². The van der Waals surface area contributed by atoms with Crippen LogP contribution in [-0.2, 0) is 0 Å². The predicted molar refractivity (Wildman–Crippen MR) is 83.1 cm³/mol. The number of allylic oxidation sites excluding steroid dienone is 2. The van der Waals surface area contributed by atoms with E-state index in [1.165, 1.54) is 17.0 Å². The van der Waals surface area contributed by atoms with Gasteiger partial charge in [-0.3, -0.25) is 0 Å². The normalized spacial score (nSPS) is 15.4. The molecule has 2 nitrogen and oxygen atoms in total. The van der Waals surface area contributed by atoms with Crippen LogP contribution in [0, 0.1) is 0 Å². The number of nitrogens with one attached hydrogen (secondary N) is 1. The molecule has 1 aromatic carbocycles. The maximum Gasteiger partial charge on any atom is 0.0582 e. The van der Waals surface area contributed by atoms with Crippen molar-refractivity contribution in [2.75, 3.05) is 11.4 Å². The topological polar surface area (TPSA) is 15.3 Å². The van der Waals surface area contributed by atoms with Gasteiger partial charge in [0.1, 0.15) is 0 Å². The summed E-state index contributed by atoms with van der Waals surface area (Å²) in [5.74, 6) is 0. The molecule has 1 aromatic rings. The summed E-state index contributed by atoms with van der Waals surface area (Å²) in [6.45, 7) is 7.67. The molecule has 0 amide bonds. The van der Waals surface area contributed by atoms with Gasteiger partial charge < -0.3 is 10.2 Å². The molecule has 0 aliphatic carbocycles. The highest BCUT2D eigenvalue weighted by molar-refractivity contribution is 5.48. The zero-order valence-electron chi connectivity index (χ0n) is 12.2. The second kappa shape index (κ2) is 6.46. The van der Waals surface area contributed by atoms with Gasteiger partial charge in [-0.2, -0.15) is 0 Å². The molecule has 102 valence electrons. The van der Waals surface area contributed by atoms with Crippen molar-refractivity contribution in [3.05, 3.63) is 53.9 Å². The molecule has 0 radical (unpaired) electrons. The Kier molecular flexibility index (Phi) is 4.67. The third-order valence-corrected chi connectivity index (χ3v) is 3.62. The molecule has 0 fully saturated rings. The lowest BCUT2D eigenvalue weighted by molar-refractivity contribution is 0.694. The monoisotopic (exact) mass is 256 g/mol. The van der Waals surface area contributed by atoms with Crippen LogP contribution in [0.1, 0.15) is 33.6 Å². The van der Waals surface area contributed by atoms with Crippen LogP contribution in [0.3, 0.4) is 0 Å². The van der Waals surface area contributed by atoms with E-state index in [9.17, 15) is 0 Å². The molecule has 1 N–H and O–H groups in total. The van der Waals surface area contributed by atoms with E-state index < -0.39 is 0 Å². The molecule has 2 heteroatoms. The highest BCUT2D eigenvalue weighted by Gasteiger charge is 2.14. The van der Waals surface area contributed by atoms with Crippen molar-refractivity contribution >= 4 is 5.69 Å². The minimum atomic E-state index is 0.483. The Morgan fingerprint density at radius 2 is 1.95 bits per heavy atom. The van der Waals surface area contributed by atoms with Gasteiger partial charge in [0.15, 0.2) is 0 Å². The second-order valence-corrected chi connectivity index (χ2v) is 5.40. The standard InChI is InChI=1S/C17H24N2/c1-14(2)19(16-10-5-4-6-11-16)13-17-15(3)9-7-8-12-18-17/h4-6,8,10-12,14,18H,7,9,13H2,1-3H3. The lowest BCUT2D eigenvalue weighted by Crippen LogP contribution is -2.35. The van der Waals surface area contributed by atoms with Crippen LogP contribution in [0.4, 0.5) is 5.69 Å². The molecule has 1 heterocycles. The van der Waals surface area contributed by atoms with Gasteiger partial charge in [-0.1, -0.05) is 29.8 Å². The van der Waals surface area contributed by atoms with Crippen molar-refractivity contribution in [2.45, 2.75) is 39.7 Å². The molecule has 0 bridgehead atoms. The minimum absolute atomic E-state index is 0.483. The summed E-state index contributed by atoms with van der Waals surface area (Å²) >= 11 is 0. The summed E-state index contributed by atoms with van der Waals surface area (Å²) in [6.07, 6.45) is 6.57. The lowest BCUT2D eigenvalue weighted by atomic mass is 10.1. The molecular formula is C17H24N2. The van der Waals surface area contributed by atoms with Gasteiger partial charge in [0, 0.05) is 17.4 Å². The fraction of sp³-hybridized carbons (Fsp3) is 0.412. The van der Waals surface area contributed by atoms with Crippen LogP contribution in [0.25, 0.3) is 0 Å². The minimum Gasteiger partial charge on any atom is -0.364 e. The smallest absolute Gasteiger partial charge is 0.0582 e. The molecular weight excluding hydrogens is 232 g/mol. The number of hydrogen-bond donors (Lipinski definition) is 1. The number of rotatable bonds is 4. The summed E-state index contributed by atoms with van der Waals surface area (Å²) in [5, 5.41) is 3.44. The first kappa shape index (κ1) is 13.7. The summed E-state index contributed by atoms with van der Waals surface area (Å²) in [5.41, 5.74) is 4.09. The lowest BCUT2D eigenvalue weighted by Gasteiger charge is -2.30. The van der Waals surface area contributed by atoms with Gasteiger partial charge in [-0.15, -0.1) is 0 Å². The van der Waals surface area contributed by atoms with Crippen LogP contribution >= 0.6 is 0 Å². The van der Waals surface area contributed by atoms with Crippen molar-refractivity contribution in [1.29, 1.82) is 0 Å². The maximum absolute atomic E-state index is 3.44. The van der Waals surface area contributed by atoms with Gasteiger partial charge >= 0.3 is 0 Å². The van der Waals surface area contributed by atoms with Gasteiger partial charge in [0.25, 0.3) is 0 Å². The van der Waals surface area contributed by atoms with Crippen LogP contribution in [0.15, 0.2) is 53.9 Å². The van der Waals surface area contributed by atoms with Gasteiger partial charge in [0.2, 0.25) is 0 Å². The Hall–Kier alpha value is -1.70. The van der Waals surface area contributed by atoms with E-state index in [0.29, 0.717) is 6.04 Å². The molecule has 0 saturated heterocycles. The third kappa shape index (κ3) is 3.63. The zero-order chi connectivity index (χ0) is 13.7. The van der Waals surface area contributed by atoms with Gasteiger partial charge in [0.05, 0.1) is 6.54 Å². The van der Waals surface area contributed by atoms with Crippen LogP contribution in [0.5, 0.6) is 0 Å². The summed E-state index contributed by atoms with van der Waals surface area (Å²) in [6, 6.07) is 11.1. The average Bonchev–Trinajstić information content (AvgIpc) is 2.61. The molecule has 19 heavy (non-hydrogen) atoms. The van der Waals surface area contributed by atoms with Crippen molar-refractivity contribution in [2.24, 2.45) is 0 Å². The first-order chi connectivity index (χ1) is 9.18. The number of nitrogens with zero attached hydrogens (tertiary/aromatic N) is 1. The number of para-hydroxylation sites is 1. The van der Waals surface area contributed by atoms with E-state index in [0.717, 1.165) is 19.4 Å². The zero-order valence-corrected chi connectivity index (χ0v) is 12.2. The van der Waals surface area contributed by atoms with E-state index >= 15 is 0 Å². The van der Waals surface area contributed by atoms with Crippen LogP contribution < -0.4 is 10.2 Å². The summed E-state index contributed by atoms with van der Waals surface area (Å²) in [4.78, 5) is 2.44. The SMILES string of the molecule is CC1=C(CN(c2ccccc2)C(C)C)NC=CCC1. The highest BCUT2D eigenvalue weighted by atomic mass is 15.2. The van der Waals surface area contributed by atoms with E-state index in [2.05, 4.69) is 73.6 Å². The summed E-state index contributed by atoms with van der Waals surface area (Å²) < 4.78 is 0. The van der Waals surface area contributed by atoms with E-state index in [-0.39, 0.29) is 0 Å². The first-order valence-corrected chi connectivity index (χ1v) is 7.10. The van der Waals surface area contributed by atoms with Crippen molar-refractivity contribution in [1.82, 2.24) is 5.32 Å². The fourth-order valence-corrected chi connectivity index (χ4v) is 2.36. The Morgan fingerprint density at radius 3 is 2.63 bits per heavy atom. The first-order valence-electron chi connectivity index (χ1n) is 7.10. The number of anilines is 1. The molecule has 0 atom stereocenters. The molecule has 0 spiro atoms. The van der Waals surface area contributed by atoms with Crippen molar-refractivity contribution < 1.29 is 0 Å². The molecule has 1 aliphatic heterocycles. The van der Waals surface area contributed by atoms with Gasteiger partial charge in [-0.05, 0) is 51.9 Å². The van der Waals surface area contributed by atoms with Crippen molar-refractivity contribution in [3.63, 3.8) is 0 Å². The molecule has 0 aromatic heterocycles. The largest absolute Gasteiger partial charge is 0.364 e. The Bertz CT molecular complexity index is 457. The Morgan fingerprint density at radius 1 is 1.21 bits per heavy atom. The maximum atomic E-state index is 3.44. The number of benzene rings is 1. The molecule has 1 aliphatic rings. The Labute approximate surface area is 116 Å². The molecule has 2 rings (SSSR count). The average molecular weight is 256 g/mol. The van der Waals surface area contributed by atoms with E-state index in [4.69, 9.17) is 0 Å². The fourth-order valence-electron chi connectivity index (χ4n) is 2.36. The molecule has 0 saturated carbocycles. The van der Waals surface area contributed by atoms with Crippen LogP contribution in [-0.4, -0.2) is 12.6 Å². The Balaban J connectivity index is 2.20. The quantitative estimate of drug-likeness (QED) is 0.873. The third-order valence-electron chi connectivity index (χ3n) is 3.62. The van der Waals surface area contributed by atoms with E-state index in [1.807, 2.05) is 0 Å². The van der Waals surface area contributed by atoms with Crippen LogP contribution in [0.2, 0.25) is 0 Å². The molecule has 0 unspecified atom stereocenters. The predicted octanol–water partition coefficient (Wildman–Crippen LogP) is 4.07. The summed E-state index contributed by atoms with van der Waals surface area (Å²) in [7, 11) is 0. The van der Waals surface area contributed by atoms with Gasteiger partial charge in [-0.25, -0.2) is 0 Å². The highest BCUT2D eigenvalue weighted by Crippen LogP contribution is 2.20. The van der Waals surface area contributed by atoms with Crippen molar-refractivity contribution in [3.8, 4) is 0 Å².